The smallest absolute Gasteiger partial charge is 0.257 e. The molecule has 1 aliphatic heterocycles. The van der Waals surface area contributed by atoms with Crippen LogP contribution in [0.3, 0.4) is 0 Å². The van der Waals surface area contributed by atoms with Gasteiger partial charge in [-0.1, -0.05) is 17.7 Å². The zero-order chi connectivity index (χ0) is 19.9. The molecule has 1 saturated heterocycles. The van der Waals surface area contributed by atoms with E-state index < -0.39 is 0 Å². The monoisotopic (exact) mass is 417 g/mol. The molecule has 8 heteroatoms. The van der Waals surface area contributed by atoms with Crippen molar-refractivity contribution in [1.29, 1.82) is 0 Å². The van der Waals surface area contributed by atoms with Gasteiger partial charge in [0.25, 0.3) is 11.8 Å². The highest BCUT2D eigenvalue weighted by Crippen LogP contribution is 2.13. The number of halogens is 1. The van der Waals surface area contributed by atoms with Crippen LogP contribution in [0.2, 0.25) is 5.02 Å². The summed E-state index contributed by atoms with van der Waals surface area (Å²) in [6, 6.07) is 13.4. The number of nitrogens with one attached hydrogen (secondary N) is 3. The van der Waals surface area contributed by atoms with E-state index in [1.165, 1.54) is 0 Å². The lowest BCUT2D eigenvalue weighted by atomic mass is 10.2. The largest absolute Gasteiger partial charge is 0.376 e. The molecule has 146 valence electrons. The second-order valence-electron chi connectivity index (χ2n) is 6.34. The maximum absolute atomic E-state index is 12.2. The fraction of sp³-hybridized carbons (Fsp3) is 0.250. The summed E-state index contributed by atoms with van der Waals surface area (Å²) in [5, 5.41) is 9.00. The van der Waals surface area contributed by atoms with Gasteiger partial charge in [0, 0.05) is 35.0 Å². The quantitative estimate of drug-likeness (QED) is 0.650. The second kappa shape index (κ2) is 9.64. The number of amides is 2. The molecule has 6 nitrogen and oxygen atoms in total. The molecule has 2 amide bonds. The molecule has 3 N–H and O–H groups in total. The highest BCUT2D eigenvalue weighted by Gasteiger charge is 2.16. The number of hydrogen-bond donors (Lipinski definition) is 3. The lowest BCUT2D eigenvalue weighted by molar-refractivity contribution is 0.0857. The number of benzene rings is 2. The number of thiocarbonyl (C=S) groups is 1. The van der Waals surface area contributed by atoms with Gasteiger partial charge in [-0.15, -0.1) is 0 Å². The van der Waals surface area contributed by atoms with Crippen molar-refractivity contribution < 1.29 is 14.3 Å². The number of anilines is 1. The third-order valence-electron chi connectivity index (χ3n) is 4.23. The summed E-state index contributed by atoms with van der Waals surface area (Å²) in [5.74, 6) is -0.510. The average molecular weight is 418 g/mol. The molecule has 28 heavy (non-hydrogen) atoms. The van der Waals surface area contributed by atoms with E-state index in [1.54, 1.807) is 48.5 Å². The van der Waals surface area contributed by atoms with Crippen LogP contribution in [0.15, 0.2) is 48.5 Å². The number of hydrogen-bond acceptors (Lipinski definition) is 4. The fourth-order valence-corrected chi connectivity index (χ4v) is 3.19. The van der Waals surface area contributed by atoms with Gasteiger partial charge in [-0.25, -0.2) is 0 Å². The van der Waals surface area contributed by atoms with Crippen molar-refractivity contribution in [3.8, 4) is 0 Å². The SMILES string of the molecule is O=C(NCC1CCCO1)c1ccc(NC(=S)NC(=O)c2cccc(Cl)c2)cc1. The van der Waals surface area contributed by atoms with Gasteiger partial charge in [0.2, 0.25) is 0 Å². The van der Waals surface area contributed by atoms with E-state index in [1.807, 2.05) is 0 Å². The first-order valence-corrected chi connectivity index (χ1v) is 9.67. The maximum Gasteiger partial charge on any atom is 0.257 e. The zero-order valence-corrected chi connectivity index (χ0v) is 16.6. The van der Waals surface area contributed by atoms with Crippen molar-refractivity contribution in [2.75, 3.05) is 18.5 Å². The predicted octanol–water partition coefficient (Wildman–Crippen LogP) is 3.38. The molecular formula is C20H20ClN3O3S. The molecule has 1 fully saturated rings. The van der Waals surface area contributed by atoms with E-state index in [9.17, 15) is 9.59 Å². The van der Waals surface area contributed by atoms with Crippen LogP contribution in [0, 0.1) is 0 Å². The molecular weight excluding hydrogens is 398 g/mol. The van der Waals surface area contributed by atoms with Gasteiger partial charge in [-0.3, -0.25) is 14.9 Å². The van der Waals surface area contributed by atoms with Crippen molar-refractivity contribution >= 4 is 46.4 Å². The topological polar surface area (TPSA) is 79.5 Å². The van der Waals surface area contributed by atoms with Crippen LogP contribution in [0.4, 0.5) is 5.69 Å². The van der Waals surface area contributed by atoms with Crippen molar-refractivity contribution in [3.63, 3.8) is 0 Å². The molecule has 2 aromatic carbocycles. The molecule has 0 aliphatic carbocycles. The average Bonchev–Trinajstić information content (AvgIpc) is 3.20. The Labute approximate surface area is 173 Å². The van der Waals surface area contributed by atoms with E-state index in [2.05, 4.69) is 16.0 Å². The van der Waals surface area contributed by atoms with Gasteiger partial charge < -0.3 is 15.4 Å². The van der Waals surface area contributed by atoms with Crippen LogP contribution in [-0.4, -0.2) is 36.2 Å². The highest BCUT2D eigenvalue weighted by atomic mass is 35.5. The Morgan fingerprint density at radius 1 is 1.11 bits per heavy atom. The fourth-order valence-electron chi connectivity index (χ4n) is 2.79. The molecule has 1 heterocycles. The molecule has 1 aliphatic rings. The van der Waals surface area contributed by atoms with Crippen LogP contribution >= 0.6 is 23.8 Å². The Morgan fingerprint density at radius 3 is 2.57 bits per heavy atom. The van der Waals surface area contributed by atoms with E-state index in [4.69, 9.17) is 28.6 Å². The van der Waals surface area contributed by atoms with Gasteiger partial charge in [0.15, 0.2) is 5.11 Å². The molecule has 0 bridgehead atoms. The number of carbonyl (C=O) groups is 2. The molecule has 1 atom stereocenters. The second-order valence-corrected chi connectivity index (χ2v) is 7.19. The predicted molar refractivity (Wildman–Crippen MR) is 113 cm³/mol. The number of carbonyl (C=O) groups excluding carboxylic acids is 2. The minimum Gasteiger partial charge on any atom is -0.376 e. The summed E-state index contributed by atoms with van der Waals surface area (Å²) in [5.41, 5.74) is 1.61. The summed E-state index contributed by atoms with van der Waals surface area (Å²) >= 11 is 11.0. The lowest BCUT2D eigenvalue weighted by Crippen LogP contribution is -2.34. The minimum atomic E-state index is -0.356. The summed E-state index contributed by atoms with van der Waals surface area (Å²) in [6.07, 6.45) is 2.11. The number of rotatable bonds is 5. The van der Waals surface area contributed by atoms with Crippen molar-refractivity contribution in [2.24, 2.45) is 0 Å². The maximum atomic E-state index is 12.2. The molecule has 0 saturated carbocycles. The van der Waals surface area contributed by atoms with Crippen LogP contribution in [0.1, 0.15) is 33.6 Å². The Kier molecular flexibility index (Phi) is 6.97. The summed E-state index contributed by atoms with van der Waals surface area (Å²) in [6.45, 7) is 1.27. The van der Waals surface area contributed by atoms with Crippen LogP contribution in [-0.2, 0) is 4.74 Å². The van der Waals surface area contributed by atoms with Crippen LogP contribution in [0.5, 0.6) is 0 Å². The first-order valence-electron chi connectivity index (χ1n) is 8.89. The van der Waals surface area contributed by atoms with E-state index in [-0.39, 0.29) is 23.0 Å². The molecule has 3 rings (SSSR count). The van der Waals surface area contributed by atoms with Gasteiger partial charge in [0.1, 0.15) is 0 Å². The van der Waals surface area contributed by atoms with Gasteiger partial charge in [0.05, 0.1) is 6.10 Å². The lowest BCUT2D eigenvalue weighted by Gasteiger charge is -2.12. The van der Waals surface area contributed by atoms with Gasteiger partial charge in [-0.05, 0) is 67.5 Å². The van der Waals surface area contributed by atoms with E-state index in [0.29, 0.717) is 28.4 Å². The van der Waals surface area contributed by atoms with Crippen LogP contribution < -0.4 is 16.0 Å². The Hall–Kier alpha value is -2.48. The zero-order valence-electron chi connectivity index (χ0n) is 15.0. The molecule has 0 spiro atoms. The first-order chi connectivity index (χ1) is 13.5. The molecule has 2 aromatic rings. The molecule has 1 unspecified atom stereocenters. The van der Waals surface area contributed by atoms with E-state index in [0.717, 1.165) is 19.4 Å². The Balaban J connectivity index is 1.49. The third-order valence-corrected chi connectivity index (χ3v) is 4.67. The van der Waals surface area contributed by atoms with Crippen molar-refractivity contribution in [2.45, 2.75) is 18.9 Å². The van der Waals surface area contributed by atoms with Crippen molar-refractivity contribution in [3.05, 3.63) is 64.7 Å². The van der Waals surface area contributed by atoms with Crippen molar-refractivity contribution in [1.82, 2.24) is 10.6 Å². The third kappa shape index (κ3) is 5.76. The van der Waals surface area contributed by atoms with Gasteiger partial charge >= 0.3 is 0 Å². The first kappa shape index (κ1) is 20.3. The highest BCUT2D eigenvalue weighted by molar-refractivity contribution is 7.80. The van der Waals surface area contributed by atoms with E-state index >= 15 is 0 Å². The van der Waals surface area contributed by atoms with Gasteiger partial charge in [-0.2, -0.15) is 0 Å². The Morgan fingerprint density at radius 2 is 1.89 bits per heavy atom. The van der Waals surface area contributed by atoms with Crippen LogP contribution in [0.25, 0.3) is 0 Å². The standard InChI is InChI=1S/C20H20ClN3O3S/c21-15-4-1-3-14(11-15)19(26)24-20(28)23-16-8-6-13(7-9-16)18(25)22-12-17-5-2-10-27-17/h1,3-4,6-9,11,17H,2,5,10,12H2,(H,22,25)(H2,23,24,26,28). The summed E-state index contributed by atoms with van der Waals surface area (Å²) < 4.78 is 5.49. The molecule has 0 aromatic heterocycles. The number of ether oxygens (including phenoxy) is 1. The summed E-state index contributed by atoms with van der Waals surface area (Å²) in [7, 11) is 0. The molecule has 0 radical (unpaired) electrons. The Bertz CT molecular complexity index is 867. The normalized spacial score (nSPS) is 15.7. The summed E-state index contributed by atoms with van der Waals surface area (Å²) in [4.78, 5) is 24.3. The minimum absolute atomic E-state index is 0.102.